The normalized spacial score (nSPS) is 18.1. The van der Waals surface area contributed by atoms with Crippen molar-refractivity contribution in [2.24, 2.45) is 0 Å². The van der Waals surface area contributed by atoms with E-state index in [1.165, 1.54) is 6.07 Å². The Morgan fingerprint density at radius 2 is 2.07 bits per heavy atom. The lowest BCUT2D eigenvalue weighted by atomic mass is 10.1. The van der Waals surface area contributed by atoms with E-state index in [1.54, 1.807) is 18.5 Å². The van der Waals surface area contributed by atoms with Gasteiger partial charge in [-0.05, 0) is 31.0 Å². The van der Waals surface area contributed by atoms with Crippen LogP contribution in [0.1, 0.15) is 23.3 Å². The molecule has 1 amide bonds. The fourth-order valence-corrected chi connectivity index (χ4v) is 4.54. The van der Waals surface area contributed by atoms with E-state index in [4.69, 9.17) is 0 Å². The highest BCUT2D eigenvalue weighted by molar-refractivity contribution is 5.99. The molecule has 0 unspecified atom stereocenters. The van der Waals surface area contributed by atoms with Crippen LogP contribution in [0.5, 0.6) is 0 Å². The molecular formula is C21H19FN6O. The number of aromatic nitrogens is 4. The Kier molecular flexibility index (Phi) is 3.30. The quantitative estimate of drug-likeness (QED) is 0.551. The number of carbonyl (C=O) groups excluding carboxylic acids is 1. The van der Waals surface area contributed by atoms with Crippen molar-refractivity contribution in [3.63, 3.8) is 0 Å². The molecule has 4 aromatic rings. The molecule has 7 nitrogen and oxygen atoms in total. The molecular weight excluding hydrogens is 371 g/mol. The van der Waals surface area contributed by atoms with Gasteiger partial charge in [0.1, 0.15) is 29.3 Å². The topological polar surface area (TPSA) is 80.9 Å². The Morgan fingerprint density at radius 3 is 2.90 bits per heavy atom. The third kappa shape index (κ3) is 2.45. The first-order valence-electron chi connectivity index (χ1n) is 9.77. The summed E-state index contributed by atoms with van der Waals surface area (Å²) < 4.78 is 14.0. The molecule has 1 aliphatic carbocycles. The Bertz CT molecular complexity index is 1260. The summed E-state index contributed by atoms with van der Waals surface area (Å²) in [5.41, 5.74) is 1.46. The molecule has 1 saturated heterocycles. The molecule has 29 heavy (non-hydrogen) atoms. The van der Waals surface area contributed by atoms with Crippen molar-refractivity contribution in [3.05, 3.63) is 54.4 Å². The lowest BCUT2D eigenvalue weighted by Crippen LogP contribution is -2.57. The summed E-state index contributed by atoms with van der Waals surface area (Å²) in [5, 5.41) is 1.71. The molecule has 0 bridgehead atoms. The highest BCUT2D eigenvalue weighted by atomic mass is 19.1. The van der Waals surface area contributed by atoms with Gasteiger partial charge in [-0.25, -0.2) is 14.4 Å². The average molecular weight is 390 g/mol. The zero-order valence-electron chi connectivity index (χ0n) is 15.7. The standard InChI is InChI=1S/C21H19FN6O/c22-15-3-1-2-13-10-16(26-17(13)15)20(29)28-9-8-27(11-21(28)5-6-21)19-14-4-7-23-18(14)24-12-25-19/h1-4,7,10,12,26H,5-6,8-9,11H2,(H,23,24,25). The fourth-order valence-electron chi connectivity index (χ4n) is 4.54. The number of hydrogen-bond donors (Lipinski definition) is 2. The zero-order chi connectivity index (χ0) is 19.6. The minimum atomic E-state index is -0.341. The molecule has 8 heteroatoms. The van der Waals surface area contributed by atoms with Crippen LogP contribution in [0.25, 0.3) is 21.9 Å². The first-order chi connectivity index (χ1) is 14.1. The number of hydrogen-bond acceptors (Lipinski definition) is 4. The Balaban J connectivity index is 1.30. The van der Waals surface area contributed by atoms with Crippen molar-refractivity contribution in [2.75, 3.05) is 24.5 Å². The molecule has 2 fully saturated rings. The van der Waals surface area contributed by atoms with Gasteiger partial charge in [-0.3, -0.25) is 4.79 Å². The number of halogens is 1. The van der Waals surface area contributed by atoms with E-state index in [0.717, 1.165) is 36.2 Å². The van der Waals surface area contributed by atoms with Crippen molar-refractivity contribution in [2.45, 2.75) is 18.4 Å². The number of amides is 1. The van der Waals surface area contributed by atoms with Crippen LogP contribution >= 0.6 is 0 Å². The number of rotatable bonds is 2. The molecule has 1 aliphatic heterocycles. The Morgan fingerprint density at radius 1 is 1.17 bits per heavy atom. The van der Waals surface area contributed by atoms with Gasteiger partial charge in [0.2, 0.25) is 0 Å². The molecule has 6 rings (SSSR count). The van der Waals surface area contributed by atoms with Crippen molar-refractivity contribution >= 4 is 33.7 Å². The van der Waals surface area contributed by atoms with Crippen LogP contribution in [0, 0.1) is 5.82 Å². The van der Waals surface area contributed by atoms with E-state index >= 15 is 0 Å². The number of aromatic amines is 2. The molecule has 3 aromatic heterocycles. The maximum Gasteiger partial charge on any atom is 0.270 e. The smallest absolute Gasteiger partial charge is 0.270 e. The number of piperazine rings is 1. The van der Waals surface area contributed by atoms with Crippen molar-refractivity contribution in [3.8, 4) is 0 Å². The van der Waals surface area contributed by atoms with Gasteiger partial charge in [-0.15, -0.1) is 0 Å². The average Bonchev–Trinajstić information content (AvgIpc) is 3.16. The van der Waals surface area contributed by atoms with E-state index < -0.39 is 0 Å². The van der Waals surface area contributed by atoms with Gasteiger partial charge >= 0.3 is 0 Å². The summed E-state index contributed by atoms with van der Waals surface area (Å²) in [5.74, 6) is 0.501. The fraction of sp³-hybridized carbons (Fsp3) is 0.286. The molecule has 146 valence electrons. The second-order valence-electron chi connectivity index (χ2n) is 7.93. The summed E-state index contributed by atoms with van der Waals surface area (Å²) in [4.78, 5) is 32.4. The molecule has 0 radical (unpaired) electrons. The number of para-hydroxylation sites is 1. The molecule has 2 N–H and O–H groups in total. The van der Waals surface area contributed by atoms with Gasteiger partial charge in [-0.1, -0.05) is 12.1 Å². The van der Waals surface area contributed by atoms with E-state index in [-0.39, 0.29) is 17.3 Å². The maximum atomic E-state index is 14.0. The van der Waals surface area contributed by atoms with E-state index in [9.17, 15) is 9.18 Å². The van der Waals surface area contributed by atoms with E-state index in [1.807, 2.05) is 23.2 Å². The van der Waals surface area contributed by atoms with Crippen LogP contribution in [0.2, 0.25) is 0 Å². The van der Waals surface area contributed by atoms with Crippen LogP contribution in [0.3, 0.4) is 0 Å². The second kappa shape index (κ2) is 5.79. The van der Waals surface area contributed by atoms with Crippen molar-refractivity contribution in [1.82, 2.24) is 24.8 Å². The molecule has 1 saturated carbocycles. The monoisotopic (exact) mass is 390 g/mol. The first-order valence-corrected chi connectivity index (χ1v) is 9.77. The summed E-state index contributed by atoms with van der Waals surface area (Å²) in [6, 6.07) is 8.60. The Labute approximate surface area is 165 Å². The molecule has 4 heterocycles. The number of nitrogens with zero attached hydrogens (tertiary/aromatic N) is 4. The number of nitrogens with one attached hydrogen (secondary N) is 2. The van der Waals surface area contributed by atoms with Crippen LogP contribution in [0.15, 0.2) is 42.9 Å². The minimum Gasteiger partial charge on any atom is -0.352 e. The Hall–Kier alpha value is -3.42. The van der Waals surface area contributed by atoms with Gasteiger partial charge in [0.25, 0.3) is 5.91 Å². The first kappa shape index (κ1) is 16.5. The lowest BCUT2D eigenvalue weighted by molar-refractivity contribution is 0.0619. The van der Waals surface area contributed by atoms with Crippen LogP contribution in [0.4, 0.5) is 10.2 Å². The lowest BCUT2D eigenvalue weighted by Gasteiger charge is -2.42. The highest BCUT2D eigenvalue weighted by Gasteiger charge is 2.53. The summed E-state index contributed by atoms with van der Waals surface area (Å²) in [7, 11) is 0. The highest BCUT2D eigenvalue weighted by Crippen LogP contribution is 2.46. The molecule has 1 spiro atoms. The van der Waals surface area contributed by atoms with Crippen LogP contribution in [-0.2, 0) is 0 Å². The number of H-pyrrole nitrogens is 2. The van der Waals surface area contributed by atoms with Crippen molar-refractivity contribution < 1.29 is 9.18 Å². The van der Waals surface area contributed by atoms with Crippen molar-refractivity contribution in [1.29, 1.82) is 0 Å². The summed E-state index contributed by atoms with van der Waals surface area (Å²) >= 11 is 0. The number of fused-ring (bicyclic) bond motifs is 2. The number of benzene rings is 1. The van der Waals surface area contributed by atoms with Crippen LogP contribution in [-0.4, -0.2) is 55.9 Å². The number of anilines is 1. The summed E-state index contributed by atoms with van der Waals surface area (Å²) in [6.07, 6.45) is 5.37. The predicted molar refractivity (Wildman–Crippen MR) is 107 cm³/mol. The van der Waals surface area contributed by atoms with Gasteiger partial charge < -0.3 is 19.8 Å². The number of carbonyl (C=O) groups is 1. The molecule has 0 atom stereocenters. The van der Waals surface area contributed by atoms with E-state index in [0.29, 0.717) is 29.7 Å². The predicted octanol–water partition coefficient (Wildman–Crippen LogP) is 3.07. The SMILES string of the molecule is O=C(c1cc2cccc(F)c2[nH]1)N1CCN(c2ncnc3[nH]ccc23)CC12CC2. The minimum absolute atomic E-state index is 0.0628. The van der Waals surface area contributed by atoms with Gasteiger partial charge in [-0.2, -0.15) is 0 Å². The summed E-state index contributed by atoms with van der Waals surface area (Å²) in [6.45, 7) is 2.04. The molecule has 2 aliphatic rings. The third-order valence-corrected chi connectivity index (χ3v) is 6.19. The van der Waals surface area contributed by atoms with Gasteiger partial charge in [0.15, 0.2) is 0 Å². The van der Waals surface area contributed by atoms with E-state index in [2.05, 4.69) is 24.8 Å². The van der Waals surface area contributed by atoms with Crippen LogP contribution < -0.4 is 4.90 Å². The maximum absolute atomic E-state index is 14.0. The van der Waals surface area contributed by atoms with Gasteiger partial charge in [0, 0.05) is 31.2 Å². The molecule has 1 aromatic carbocycles. The zero-order valence-corrected chi connectivity index (χ0v) is 15.7. The third-order valence-electron chi connectivity index (χ3n) is 6.19. The van der Waals surface area contributed by atoms with Gasteiger partial charge in [0.05, 0.1) is 16.4 Å². The second-order valence-corrected chi connectivity index (χ2v) is 7.93. The largest absolute Gasteiger partial charge is 0.352 e.